The quantitative estimate of drug-likeness (QED) is 0.737. The third-order valence-electron chi connectivity index (χ3n) is 2.66. The van der Waals surface area contributed by atoms with E-state index in [1.807, 2.05) is 0 Å². The molecular weight excluding hydrogens is 280 g/mol. The third-order valence-corrected chi connectivity index (χ3v) is 4.05. The molecule has 0 bridgehead atoms. The first-order valence-electron chi connectivity index (χ1n) is 5.90. The topological polar surface area (TPSA) is 96.1 Å². The molecule has 20 heavy (non-hydrogen) atoms. The van der Waals surface area contributed by atoms with Gasteiger partial charge in [-0.05, 0) is 31.3 Å². The van der Waals surface area contributed by atoms with Crippen molar-refractivity contribution in [3.63, 3.8) is 0 Å². The first-order valence-corrected chi connectivity index (χ1v) is 7.39. The third kappa shape index (κ3) is 3.09. The van der Waals surface area contributed by atoms with Gasteiger partial charge in [-0.2, -0.15) is 13.5 Å². The fourth-order valence-corrected chi connectivity index (χ4v) is 2.90. The molecule has 0 unspecified atom stereocenters. The molecule has 108 valence electrons. The summed E-state index contributed by atoms with van der Waals surface area (Å²) >= 11 is 0. The van der Waals surface area contributed by atoms with Crippen LogP contribution < -0.4 is 14.8 Å². The normalized spacial score (nSPS) is 11.3. The van der Waals surface area contributed by atoms with E-state index in [9.17, 15) is 8.42 Å². The monoisotopic (exact) mass is 296 g/mol. The molecule has 0 atom stereocenters. The second kappa shape index (κ2) is 5.93. The number of hydrogen-bond donors (Lipinski definition) is 3. The molecule has 2 rings (SSSR count). The summed E-state index contributed by atoms with van der Waals surface area (Å²) in [5.74, 6) is 0.658. The maximum atomic E-state index is 12.3. The fraction of sp³-hybridized carbons (Fsp3) is 0.250. The molecule has 2 aromatic rings. The Hall–Kier alpha value is -2.06. The molecule has 1 heterocycles. The number of benzene rings is 1. The molecule has 0 radical (unpaired) electrons. The number of nitrogens with one attached hydrogen (secondary N) is 3. The van der Waals surface area contributed by atoms with Crippen molar-refractivity contribution in [2.24, 2.45) is 0 Å². The van der Waals surface area contributed by atoms with Gasteiger partial charge in [0, 0.05) is 17.8 Å². The zero-order chi connectivity index (χ0) is 14.6. The highest BCUT2D eigenvalue weighted by atomic mass is 32.2. The number of nitrogens with zero attached hydrogens (tertiary/aromatic N) is 1. The van der Waals surface area contributed by atoms with Crippen molar-refractivity contribution in [2.45, 2.75) is 11.6 Å². The van der Waals surface area contributed by atoms with Crippen LogP contribution in [0.1, 0.15) is 5.56 Å². The number of rotatable bonds is 6. The first kappa shape index (κ1) is 14.4. The summed E-state index contributed by atoms with van der Waals surface area (Å²) in [5, 5.41) is 9.23. The van der Waals surface area contributed by atoms with E-state index in [0.717, 1.165) is 0 Å². The summed E-state index contributed by atoms with van der Waals surface area (Å²) in [4.78, 5) is 0. The SMILES string of the molecule is CNCc1cn[nH]c1S(=O)(=O)Nc1ccc(OC)cc1. The van der Waals surface area contributed by atoms with Crippen molar-refractivity contribution in [1.82, 2.24) is 15.5 Å². The average molecular weight is 296 g/mol. The number of aromatic amines is 1. The summed E-state index contributed by atoms with van der Waals surface area (Å²) in [5.41, 5.74) is 1.03. The molecule has 7 nitrogen and oxygen atoms in total. The Morgan fingerprint density at radius 1 is 1.30 bits per heavy atom. The minimum atomic E-state index is -3.69. The zero-order valence-electron chi connectivity index (χ0n) is 11.2. The maximum absolute atomic E-state index is 12.3. The minimum absolute atomic E-state index is 0.0580. The van der Waals surface area contributed by atoms with Crippen LogP contribution in [0.3, 0.4) is 0 Å². The molecule has 0 fully saturated rings. The van der Waals surface area contributed by atoms with Crippen LogP contribution in [0, 0.1) is 0 Å². The van der Waals surface area contributed by atoms with Gasteiger partial charge >= 0.3 is 0 Å². The second-order valence-corrected chi connectivity index (χ2v) is 5.71. The highest BCUT2D eigenvalue weighted by molar-refractivity contribution is 7.92. The molecule has 0 aliphatic rings. The van der Waals surface area contributed by atoms with Gasteiger partial charge in [-0.25, -0.2) is 0 Å². The molecule has 0 aliphatic heterocycles. The summed E-state index contributed by atoms with van der Waals surface area (Å²) in [6, 6.07) is 6.62. The summed E-state index contributed by atoms with van der Waals surface area (Å²) in [7, 11) is -0.405. The number of ether oxygens (including phenoxy) is 1. The van der Waals surface area contributed by atoms with E-state index >= 15 is 0 Å². The Morgan fingerprint density at radius 2 is 2.00 bits per heavy atom. The lowest BCUT2D eigenvalue weighted by Gasteiger charge is -2.08. The van der Waals surface area contributed by atoms with Gasteiger partial charge in [-0.15, -0.1) is 0 Å². The number of anilines is 1. The Balaban J connectivity index is 2.23. The molecule has 8 heteroatoms. The molecule has 0 aliphatic carbocycles. The van der Waals surface area contributed by atoms with Crippen molar-refractivity contribution in [1.29, 1.82) is 0 Å². The lowest BCUT2D eigenvalue weighted by Crippen LogP contribution is -2.17. The largest absolute Gasteiger partial charge is 0.497 e. The standard InChI is InChI=1S/C12H16N4O3S/c1-13-7-9-8-14-15-12(9)20(17,18)16-10-3-5-11(19-2)6-4-10/h3-6,8,13,16H,7H2,1-2H3,(H,14,15). The van der Waals surface area contributed by atoms with Gasteiger partial charge in [0.1, 0.15) is 5.75 Å². The van der Waals surface area contributed by atoms with Gasteiger partial charge < -0.3 is 10.1 Å². The van der Waals surface area contributed by atoms with E-state index in [1.54, 1.807) is 38.4 Å². The van der Waals surface area contributed by atoms with E-state index in [4.69, 9.17) is 4.74 Å². The highest BCUT2D eigenvalue weighted by Gasteiger charge is 2.20. The number of sulfonamides is 1. The lowest BCUT2D eigenvalue weighted by molar-refractivity contribution is 0.415. The van der Waals surface area contributed by atoms with Gasteiger partial charge in [-0.3, -0.25) is 9.82 Å². The molecular formula is C12H16N4O3S. The predicted octanol–water partition coefficient (Wildman–Crippen LogP) is 0.938. The first-order chi connectivity index (χ1) is 9.56. The van der Waals surface area contributed by atoms with Crippen LogP contribution in [-0.4, -0.2) is 32.8 Å². The minimum Gasteiger partial charge on any atom is -0.497 e. The van der Waals surface area contributed by atoms with E-state index in [2.05, 4.69) is 20.2 Å². The van der Waals surface area contributed by atoms with Gasteiger partial charge in [0.05, 0.1) is 13.3 Å². The van der Waals surface area contributed by atoms with E-state index in [0.29, 0.717) is 23.5 Å². The number of methoxy groups -OCH3 is 1. The summed E-state index contributed by atoms with van der Waals surface area (Å²) < 4.78 is 32.1. The maximum Gasteiger partial charge on any atom is 0.279 e. The lowest BCUT2D eigenvalue weighted by atomic mass is 10.3. The highest BCUT2D eigenvalue weighted by Crippen LogP contribution is 2.20. The molecule has 0 amide bonds. The molecule has 1 aromatic carbocycles. The van der Waals surface area contributed by atoms with Gasteiger partial charge in [0.25, 0.3) is 10.0 Å². The van der Waals surface area contributed by atoms with Crippen molar-refractivity contribution in [3.05, 3.63) is 36.0 Å². The summed E-state index contributed by atoms with van der Waals surface area (Å²) in [6.07, 6.45) is 1.49. The van der Waals surface area contributed by atoms with E-state index < -0.39 is 10.0 Å². The number of aromatic nitrogens is 2. The van der Waals surface area contributed by atoms with Crippen molar-refractivity contribution in [3.8, 4) is 5.75 Å². The van der Waals surface area contributed by atoms with Crippen LogP contribution in [0.25, 0.3) is 0 Å². The van der Waals surface area contributed by atoms with Gasteiger partial charge in [0.2, 0.25) is 0 Å². The van der Waals surface area contributed by atoms with Crippen LogP contribution in [0.2, 0.25) is 0 Å². The number of hydrogen-bond acceptors (Lipinski definition) is 5. The average Bonchev–Trinajstić information content (AvgIpc) is 2.89. The van der Waals surface area contributed by atoms with E-state index in [-0.39, 0.29) is 5.03 Å². The fourth-order valence-electron chi connectivity index (χ4n) is 1.71. The Kier molecular flexibility index (Phi) is 4.26. The van der Waals surface area contributed by atoms with Crippen LogP contribution in [0.5, 0.6) is 5.75 Å². The van der Waals surface area contributed by atoms with Crippen molar-refractivity contribution < 1.29 is 13.2 Å². The number of H-pyrrole nitrogens is 1. The Bertz CT molecular complexity index is 664. The Labute approximate surface area is 117 Å². The predicted molar refractivity (Wildman–Crippen MR) is 75.2 cm³/mol. The molecule has 0 saturated heterocycles. The van der Waals surface area contributed by atoms with Gasteiger partial charge in [0.15, 0.2) is 5.03 Å². The van der Waals surface area contributed by atoms with Crippen LogP contribution in [0.15, 0.2) is 35.5 Å². The van der Waals surface area contributed by atoms with Crippen molar-refractivity contribution in [2.75, 3.05) is 18.9 Å². The molecule has 0 spiro atoms. The molecule has 3 N–H and O–H groups in total. The van der Waals surface area contributed by atoms with E-state index in [1.165, 1.54) is 6.20 Å². The van der Waals surface area contributed by atoms with Crippen LogP contribution >= 0.6 is 0 Å². The Morgan fingerprint density at radius 3 is 2.60 bits per heavy atom. The zero-order valence-corrected chi connectivity index (χ0v) is 12.0. The summed E-state index contributed by atoms with van der Waals surface area (Å²) in [6.45, 7) is 0.412. The van der Waals surface area contributed by atoms with Crippen LogP contribution in [0.4, 0.5) is 5.69 Å². The smallest absolute Gasteiger partial charge is 0.279 e. The van der Waals surface area contributed by atoms with Crippen molar-refractivity contribution >= 4 is 15.7 Å². The molecule has 0 saturated carbocycles. The van der Waals surface area contributed by atoms with Gasteiger partial charge in [-0.1, -0.05) is 0 Å². The molecule has 1 aromatic heterocycles. The second-order valence-electron chi connectivity index (χ2n) is 4.09. The van der Waals surface area contributed by atoms with Crippen LogP contribution in [-0.2, 0) is 16.6 Å².